The molecule has 0 aromatic heterocycles. The number of alkyl halides is 2. The number of halogens is 2. The van der Waals surface area contributed by atoms with Gasteiger partial charge in [0.15, 0.2) is 0 Å². The maximum atomic E-state index is 13.1. The quantitative estimate of drug-likeness (QED) is 0.226. The van der Waals surface area contributed by atoms with E-state index in [1.807, 2.05) is 24.3 Å². The molecule has 2 aromatic rings. The Bertz CT molecular complexity index is 901. The third-order valence-corrected chi connectivity index (χ3v) is 6.14. The summed E-state index contributed by atoms with van der Waals surface area (Å²) < 4.78 is 31.6. The molecule has 1 fully saturated rings. The number of hydroxylamine groups is 1. The van der Waals surface area contributed by atoms with Gasteiger partial charge in [0, 0.05) is 19.6 Å². The van der Waals surface area contributed by atoms with E-state index in [-0.39, 0.29) is 6.54 Å². The van der Waals surface area contributed by atoms with Gasteiger partial charge in [-0.2, -0.15) is 0 Å². The molecular formula is C25H33F2N3O4. The summed E-state index contributed by atoms with van der Waals surface area (Å²) in [7, 11) is 0. The van der Waals surface area contributed by atoms with Crippen LogP contribution in [0.5, 0.6) is 0 Å². The van der Waals surface area contributed by atoms with Gasteiger partial charge < -0.3 is 15.2 Å². The van der Waals surface area contributed by atoms with Gasteiger partial charge in [-0.15, -0.1) is 0 Å². The first-order chi connectivity index (χ1) is 16.3. The van der Waals surface area contributed by atoms with Gasteiger partial charge in [0.1, 0.15) is 11.6 Å². The van der Waals surface area contributed by atoms with Crippen molar-refractivity contribution in [3.8, 4) is 11.1 Å². The molecule has 0 aliphatic carbocycles. The number of rotatable bonds is 11. The van der Waals surface area contributed by atoms with Gasteiger partial charge >= 0.3 is 0 Å². The number of nitrogens with one attached hydrogen (secondary N) is 2. The average molecular weight is 478 g/mol. The van der Waals surface area contributed by atoms with Crippen molar-refractivity contribution in [2.75, 3.05) is 32.8 Å². The van der Waals surface area contributed by atoms with Crippen molar-refractivity contribution in [3.05, 3.63) is 59.7 Å². The molecule has 1 saturated heterocycles. The highest BCUT2D eigenvalue weighted by molar-refractivity contribution is 5.82. The number of carbonyl (C=O) groups excluding carboxylic acids is 1. The first-order valence-electron chi connectivity index (χ1n) is 11.5. The summed E-state index contributed by atoms with van der Waals surface area (Å²) in [5.74, 6) is -1.11. The van der Waals surface area contributed by atoms with Gasteiger partial charge in [0.05, 0.1) is 13.2 Å². The van der Waals surface area contributed by atoms with Crippen molar-refractivity contribution in [1.29, 1.82) is 0 Å². The van der Waals surface area contributed by atoms with Crippen molar-refractivity contribution in [3.63, 3.8) is 0 Å². The van der Waals surface area contributed by atoms with Crippen LogP contribution in [0.25, 0.3) is 11.1 Å². The first kappa shape index (κ1) is 26.2. The van der Waals surface area contributed by atoms with Gasteiger partial charge in [-0.25, -0.2) is 14.3 Å². The number of benzene rings is 2. The summed E-state index contributed by atoms with van der Waals surface area (Å²) in [4.78, 5) is 14.1. The molecule has 2 atom stereocenters. The Morgan fingerprint density at radius 3 is 2.15 bits per heavy atom. The second-order valence-corrected chi connectivity index (χ2v) is 8.78. The minimum Gasteiger partial charge on any atom is -0.382 e. The minimum atomic E-state index is -3.15. The van der Waals surface area contributed by atoms with E-state index in [1.165, 1.54) is 11.0 Å². The zero-order chi connectivity index (χ0) is 24.6. The van der Waals surface area contributed by atoms with Crippen LogP contribution in [0.2, 0.25) is 0 Å². The number of hydrogen-bond acceptors (Lipinski definition) is 6. The van der Waals surface area contributed by atoms with Crippen molar-refractivity contribution in [1.82, 2.24) is 15.7 Å². The molecule has 0 radical (unpaired) electrons. The summed E-state index contributed by atoms with van der Waals surface area (Å²) in [6.45, 7) is 5.49. The van der Waals surface area contributed by atoms with Gasteiger partial charge in [0.25, 0.3) is 12.3 Å². The lowest BCUT2D eigenvalue weighted by atomic mass is 9.96. The molecule has 4 N–H and O–H groups in total. The smallest absolute Gasteiger partial charge is 0.268 e. The van der Waals surface area contributed by atoms with E-state index in [0.29, 0.717) is 12.8 Å². The third-order valence-electron chi connectivity index (χ3n) is 6.14. The SMILES string of the molecule is C[C@@](O)(C(F)F)[C@H](NCCCc1ccc(-c2ccc(CN3CCOCC3)cc2)cc1)C(=O)NO. The molecule has 0 spiro atoms. The summed E-state index contributed by atoms with van der Waals surface area (Å²) in [6.07, 6.45) is -1.93. The zero-order valence-corrected chi connectivity index (χ0v) is 19.3. The average Bonchev–Trinajstić information content (AvgIpc) is 2.85. The van der Waals surface area contributed by atoms with Crippen molar-refractivity contribution in [2.45, 2.75) is 44.4 Å². The molecule has 186 valence electrons. The van der Waals surface area contributed by atoms with E-state index in [4.69, 9.17) is 9.94 Å². The Morgan fingerprint density at radius 2 is 1.62 bits per heavy atom. The number of morpholine rings is 1. The van der Waals surface area contributed by atoms with Crippen LogP contribution in [0.3, 0.4) is 0 Å². The van der Waals surface area contributed by atoms with E-state index >= 15 is 0 Å². The highest BCUT2D eigenvalue weighted by Crippen LogP contribution is 2.22. The van der Waals surface area contributed by atoms with Crippen LogP contribution in [-0.4, -0.2) is 72.0 Å². The number of nitrogens with zero attached hydrogens (tertiary/aromatic N) is 1. The first-order valence-corrected chi connectivity index (χ1v) is 11.5. The fourth-order valence-corrected chi connectivity index (χ4v) is 3.98. The molecule has 0 bridgehead atoms. The lowest BCUT2D eigenvalue weighted by Gasteiger charge is -2.31. The number of carbonyl (C=O) groups is 1. The summed E-state index contributed by atoms with van der Waals surface area (Å²) in [5, 5.41) is 21.3. The summed E-state index contributed by atoms with van der Waals surface area (Å²) in [6, 6.07) is 15.0. The van der Waals surface area contributed by atoms with E-state index in [9.17, 15) is 18.7 Å². The molecular weight excluding hydrogens is 444 g/mol. The number of aliphatic hydroxyl groups is 1. The molecule has 7 nitrogen and oxygen atoms in total. The molecule has 0 saturated carbocycles. The fourth-order valence-electron chi connectivity index (χ4n) is 3.98. The molecule has 1 amide bonds. The lowest BCUT2D eigenvalue weighted by Crippen LogP contribution is -2.60. The summed E-state index contributed by atoms with van der Waals surface area (Å²) in [5.41, 5.74) is 3.30. The van der Waals surface area contributed by atoms with Crippen molar-refractivity contribution in [2.24, 2.45) is 0 Å². The van der Waals surface area contributed by atoms with Crippen LogP contribution in [0.15, 0.2) is 48.5 Å². The highest BCUT2D eigenvalue weighted by Gasteiger charge is 2.44. The number of amides is 1. The predicted molar refractivity (Wildman–Crippen MR) is 125 cm³/mol. The van der Waals surface area contributed by atoms with Crippen molar-refractivity contribution < 1.29 is 28.6 Å². The van der Waals surface area contributed by atoms with Crippen LogP contribution in [0, 0.1) is 0 Å². The van der Waals surface area contributed by atoms with Gasteiger partial charge in [0.2, 0.25) is 0 Å². The highest BCUT2D eigenvalue weighted by atomic mass is 19.3. The van der Waals surface area contributed by atoms with E-state index in [1.54, 1.807) is 0 Å². The predicted octanol–water partition coefficient (Wildman–Crippen LogP) is 2.60. The minimum absolute atomic E-state index is 0.216. The van der Waals surface area contributed by atoms with E-state index < -0.39 is 24.0 Å². The Kier molecular flexibility index (Phi) is 9.49. The molecule has 1 heterocycles. The molecule has 1 aliphatic rings. The second-order valence-electron chi connectivity index (χ2n) is 8.78. The number of hydrogen-bond donors (Lipinski definition) is 4. The Morgan fingerprint density at radius 1 is 1.06 bits per heavy atom. The maximum Gasteiger partial charge on any atom is 0.268 e. The van der Waals surface area contributed by atoms with E-state index in [2.05, 4.69) is 34.5 Å². The van der Waals surface area contributed by atoms with Gasteiger partial charge in [-0.3, -0.25) is 14.9 Å². The Balaban J connectivity index is 1.49. The Hall–Kier alpha value is -2.43. The Labute approximate surface area is 198 Å². The third kappa shape index (κ3) is 7.04. The molecule has 9 heteroatoms. The van der Waals surface area contributed by atoms with Crippen LogP contribution in [0.1, 0.15) is 24.5 Å². The van der Waals surface area contributed by atoms with Crippen molar-refractivity contribution >= 4 is 5.91 Å². The molecule has 1 aliphatic heterocycles. The fraction of sp³-hybridized carbons (Fsp3) is 0.480. The molecule has 0 unspecified atom stereocenters. The van der Waals surface area contributed by atoms with Gasteiger partial charge in [-0.1, -0.05) is 48.5 Å². The van der Waals surface area contributed by atoms with Crippen LogP contribution in [0.4, 0.5) is 8.78 Å². The standard InChI is InChI=1S/C25H33F2N3O4/c1-25(32,24(26)27)22(23(31)29-33)28-12-2-3-18-4-8-20(9-5-18)21-10-6-19(7-11-21)17-30-13-15-34-16-14-30/h4-11,22,24,28,32-33H,2-3,12-17H2,1H3,(H,29,31)/t22-,25+/m1/s1. The van der Waals surface area contributed by atoms with E-state index in [0.717, 1.165) is 56.5 Å². The van der Waals surface area contributed by atoms with Crippen LogP contribution >= 0.6 is 0 Å². The normalized spacial score (nSPS) is 17.4. The second kappa shape index (κ2) is 12.3. The monoisotopic (exact) mass is 477 g/mol. The number of ether oxygens (including phenoxy) is 1. The lowest BCUT2D eigenvalue weighted by molar-refractivity contribution is -0.150. The molecule has 34 heavy (non-hydrogen) atoms. The number of aryl methyl sites for hydroxylation is 1. The largest absolute Gasteiger partial charge is 0.382 e. The van der Waals surface area contributed by atoms with Crippen LogP contribution in [-0.2, 0) is 22.5 Å². The van der Waals surface area contributed by atoms with Crippen LogP contribution < -0.4 is 10.8 Å². The van der Waals surface area contributed by atoms with Gasteiger partial charge in [-0.05, 0) is 48.6 Å². The molecule has 3 rings (SSSR count). The molecule has 2 aromatic carbocycles. The topological polar surface area (TPSA) is 94.1 Å². The maximum absolute atomic E-state index is 13.1. The zero-order valence-electron chi connectivity index (χ0n) is 19.3. The summed E-state index contributed by atoms with van der Waals surface area (Å²) >= 11 is 0.